The van der Waals surface area contributed by atoms with Gasteiger partial charge in [-0.3, -0.25) is 9.98 Å². The first-order valence-corrected chi connectivity index (χ1v) is 5.38. The second-order valence-corrected chi connectivity index (χ2v) is 4.31. The van der Waals surface area contributed by atoms with Gasteiger partial charge in [-0.2, -0.15) is 8.42 Å². The molecule has 8 heteroatoms. The highest BCUT2D eigenvalue weighted by atomic mass is 32.2. The molecule has 2 rings (SSSR count). The third-order valence-corrected chi connectivity index (χ3v) is 2.74. The van der Waals surface area contributed by atoms with E-state index in [1.165, 1.54) is 18.2 Å². The van der Waals surface area contributed by atoms with Crippen molar-refractivity contribution in [2.24, 2.45) is 5.84 Å². The van der Waals surface area contributed by atoms with Crippen LogP contribution in [0.3, 0.4) is 0 Å². The molecule has 7 nitrogen and oxygen atoms in total. The summed E-state index contributed by atoms with van der Waals surface area (Å²) < 4.78 is 30.5. The van der Waals surface area contributed by atoms with Crippen LogP contribution >= 0.6 is 0 Å². The number of nitrogen functional groups attached to an aromatic ring is 1. The van der Waals surface area contributed by atoms with E-state index in [4.69, 9.17) is 10.4 Å². The predicted molar refractivity (Wildman–Crippen MR) is 53.7 cm³/mol. The molecule has 0 aliphatic carbocycles. The van der Waals surface area contributed by atoms with Gasteiger partial charge in [-0.1, -0.05) is 0 Å². The number of H-pyrrole nitrogens is 1. The first-order valence-electron chi connectivity index (χ1n) is 3.94. The van der Waals surface area contributed by atoms with E-state index in [0.29, 0.717) is 17.0 Å². The Bertz CT molecular complexity index is 604. The molecule has 0 saturated heterocycles. The summed E-state index contributed by atoms with van der Waals surface area (Å²) in [6.07, 6.45) is 0. The molecule has 0 spiro atoms. The average Bonchev–Trinajstić information content (AvgIpc) is 2.57. The molecular weight excluding hydrogens is 220 g/mol. The Kier molecular flexibility index (Phi) is 2.11. The molecule has 1 heterocycles. The summed E-state index contributed by atoms with van der Waals surface area (Å²) in [5, 5.41) is 0. The lowest BCUT2D eigenvalue weighted by Gasteiger charge is -1.95. The van der Waals surface area contributed by atoms with Gasteiger partial charge in [-0.25, -0.2) is 10.8 Å². The lowest BCUT2D eigenvalue weighted by Crippen LogP contribution is -2.07. The molecule has 0 saturated carbocycles. The standard InChI is InChI=1S/C7H8N4O3S/c8-11-7-9-5-2-1-4(15(12,13)14)3-6(5)10-7/h1-3H,8H2,(H2,9,10,11)(H,12,13,14). The number of aromatic amines is 1. The number of nitrogens with zero attached hydrogens (tertiary/aromatic N) is 1. The molecule has 1 aromatic carbocycles. The zero-order valence-electron chi connectivity index (χ0n) is 7.43. The molecular formula is C7H8N4O3S. The molecule has 5 N–H and O–H groups in total. The van der Waals surface area contributed by atoms with Crippen molar-refractivity contribution >= 4 is 27.1 Å². The topological polar surface area (TPSA) is 121 Å². The molecule has 80 valence electrons. The van der Waals surface area contributed by atoms with Gasteiger partial charge in [0.15, 0.2) is 0 Å². The molecule has 0 bridgehead atoms. The lowest BCUT2D eigenvalue weighted by atomic mass is 10.3. The van der Waals surface area contributed by atoms with Gasteiger partial charge in [0.1, 0.15) is 0 Å². The predicted octanol–water partition coefficient (Wildman–Crippen LogP) is 0.0952. The number of hydrogen-bond donors (Lipinski definition) is 4. The maximum absolute atomic E-state index is 10.8. The number of imidazole rings is 1. The maximum atomic E-state index is 10.8. The fraction of sp³-hybridized carbons (Fsp3) is 0. The van der Waals surface area contributed by atoms with Crippen LogP contribution in [0, 0.1) is 0 Å². The SMILES string of the molecule is NNc1nc2ccc(S(=O)(=O)O)cc2[nH]1. The summed E-state index contributed by atoms with van der Waals surface area (Å²) in [7, 11) is -4.19. The zero-order chi connectivity index (χ0) is 11.1. The number of rotatable bonds is 2. The number of nitrogens with one attached hydrogen (secondary N) is 2. The third kappa shape index (κ3) is 1.77. The number of aromatic nitrogens is 2. The van der Waals surface area contributed by atoms with E-state index in [0.717, 1.165) is 0 Å². The van der Waals surface area contributed by atoms with Crippen molar-refractivity contribution in [1.82, 2.24) is 9.97 Å². The summed E-state index contributed by atoms with van der Waals surface area (Å²) >= 11 is 0. The fourth-order valence-electron chi connectivity index (χ4n) is 1.22. The second kappa shape index (κ2) is 3.19. The Morgan fingerprint density at radius 1 is 1.47 bits per heavy atom. The number of nitrogens with two attached hydrogens (primary N) is 1. The Labute approximate surface area is 85.0 Å². The highest BCUT2D eigenvalue weighted by Crippen LogP contribution is 2.18. The van der Waals surface area contributed by atoms with Crippen molar-refractivity contribution in [3.63, 3.8) is 0 Å². The first kappa shape index (κ1) is 9.90. The molecule has 0 radical (unpaired) electrons. The van der Waals surface area contributed by atoms with Gasteiger partial charge in [0, 0.05) is 0 Å². The number of benzene rings is 1. The van der Waals surface area contributed by atoms with Crippen molar-refractivity contribution in [2.75, 3.05) is 5.43 Å². The van der Waals surface area contributed by atoms with Gasteiger partial charge in [0.25, 0.3) is 10.1 Å². The maximum Gasteiger partial charge on any atom is 0.294 e. The van der Waals surface area contributed by atoms with Gasteiger partial charge in [0.2, 0.25) is 5.95 Å². The van der Waals surface area contributed by atoms with Crippen LogP contribution in [0.25, 0.3) is 11.0 Å². The first-order chi connectivity index (χ1) is 7.00. The lowest BCUT2D eigenvalue weighted by molar-refractivity contribution is 0.483. The van der Waals surface area contributed by atoms with Crippen LogP contribution < -0.4 is 11.3 Å². The van der Waals surface area contributed by atoms with E-state index in [1.807, 2.05) is 0 Å². The van der Waals surface area contributed by atoms with Crippen molar-refractivity contribution in [1.29, 1.82) is 0 Å². The minimum absolute atomic E-state index is 0.192. The molecule has 1 aromatic heterocycles. The number of anilines is 1. The Hall–Kier alpha value is -1.64. The van der Waals surface area contributed by atoms with Gasteiger partial charge >= 0.3 is 0 Å². The van der Waals surface area contributed by atoms with Crippen molar-refractivity contribution in [3.05, 3.63) is 18.2 Å². The van der Waals surface area contributed by atoms with E-state index < -0.39 is 10.1 Å². The quantitative estimate of drug-likeness (QED) is 0.328. The Morgan fingerprint density at radius 3 is 2.80 bits per heavy atom. The van der Waals surface area contributed by atoms with Crippen molar-refractivity contribution in [2.45, 2.75) is 4.90 Å². The minimum Gasteiger partial charge on any atom is -0.323 e. The molecule has 2 aromatic rings. The van der Waals surface area contributed by atoms with Crippen LogP contribution in [0.5, 0.6) is 0 Å². The summed E-state index contributed by atoms with van der Waals surface area (Å²) in [5.41, 5.74) is 3.32. The highest BCUT2D eigenvalue weighted by molar-refractivity contribution is 7.85. The molecule has 0 fully saturated rings. The number of hydrazine groups is 1. The van der Waals surface area contributed by atoms with Gasteiger partial charge in [-0.15, -0.1) is 0 Å². The zero-order valence-corrected chi connectivity index (χ0v) is 8.25. The van der Waals surface area contributed by atoms with Crippen LogP contribution in [0.15, 0.2) is 23.1 Å². The van der Waals surface area contributed by atoms with Gasteiger partial charge in [0.05, 0.1) is 15.9 Å². The van der Waals surface area contributed by atoms with Crippen LogP contribution in [0.2, 0.25) is 0 Å². The third-order valence-electron chi connectivity index (χ3n) is 1.89. The molecule has 0 aliphatic rings. The second-order valence-electron chi connectivity index (χ2n) is 2.88. The van der Waals surface area contributed by atoms with E-state index >= 15 is 0 Å². The Balaban J connectivity index is 2.66. The van der Waals surface area contributed by atoms with Gasteiger partial charge < -0.3 is 4.98 Å². The Morgan fingerprint density at radius 2 is 2.20 bits per heavy atom. The summed E-state index contributed by atoms with van der Waals surface area (Å²) in [6, 6.07) is 4.01. The fourth-order valence-corrected chi connectivity index (χ4v) is 1.72. The monoisotopic (exact) mass is 228 g/mol. The number of hydrogen-bond acceptors (Lipinski definition) is 5. The van der Waals surface area contributed by atoms with E-state index in [9.17, 15) is 8.42 Å². The highest BCUT2D eigenvalue weighted by Gasteiger charge is 2.11. The largest absolute Gasteiger partial charge is 0.323 e. The van der Waals surface area contributed by atoms with Gasteiger partial charge in [-0.05, 0) is 18.2 Å². The van der Waals surface area contributed by atoms with E-state index in [-0.39, 0.29) is 4.90 Å². The summed E-state index contributed by atoms with van der Waals surface area (Å²) in [5.74, 6) is 5.44. The molecule has 0 aliphatic heterocycles. The molecule has 0 amide bonds. The van der Waals surface area contributed by atoms with Crippen LogP contribution in [0.4, 0.5) is 5.95 Å². The van der Waals surface area contributed by atoms with Crippen molar-refractivity contribution < 1.29 is 13.0 Å². The van der Waals surface area contributed by atoms with E-state index in [1.54, 1.807) is 0 Å². The molecule has 15 heavy (non-hydrogen) atoms. The molecule has 0 atom stereocenters. The smallest absolute Gasteiger partial charge is 0.294 e. The number of fused-ring (bicyclic) bond motifs is 1. The summed E-state index contributed by atoms with van der Waals surface area (Å²) in [4.78, 5) is 6.53. The molecule has 0 unspecified atom stereocenters. The minimum atomic E-state index is -4.19. The van der Waals surface area contributed by atoms with E-state index in [2.05, 4.69) is 15.4 Å². The van der Waals surface area contributed by atoms with Crippen LogP contribution in [-0.4, -0.2) is 22.9 Å². The van der Waals surface area contributed by atoms with Crippen molar-refractivity contribution in [3.8, 4) is 0 Å². The average molecular weight is 228 g/mol. The van der Waals surface area contributed by atoms with Crippen LogP contribution in [-0.2, 0) is 10.1 Å². The van der Waals surface area contributed by atoms with Crippen LogP contribution in [0.1, 0.15) is 0 Å². The normalized spacial score (nSPS) is 11.9. The summed E-state index contributed by atoms with van der Waals surface area (Å²) in [6.45, 7) is 0.